The zero-order valence-corrected chi connectivity index (χ0v) is 16.8. The Morgan fingerprint density at radius 1 is 1.00 bits per heavy atom. The van der Waals surface area contributed by atoms with E-state index in [-0.39, 0.29) is 17.6 Å². The number of Topliss-reactive ketones (excluding diaryl/α,β-unsaturated/α-hetero) is 1. The number of amides is 1. The van der Waals surface area contributed by atoms with Gasteiger partial charge in [-0.2, -0.15) is 0 Å². The predicted octanol–water partition coefficient (Wildman–Crippen LogP) is 3.72. The first-order valence-corrected chi connectivity index (χ1v) is 9.96. The summed E-state index contributed by atoms with van der Waals surface area (Å²) in [5.74, 6) is 1.52. The van der Waals surface area contributed by atoms with Crippen LogP contribution in [0.2, 0.25) is 0 Å². The van der Waals surface area contributed by atoms with Gasteiger partial charge >= 0.3 is 0 Å². The van der Waals surface area contributed by atoms with E-state index in [1.165, 1.54) is 0 Å². The number of nitrogens with zero attached hydrogens (tertiary/aromatic N) is 2. The molecule has 4 nitrogen and oxygen atoms in total. The van der Waals surface area contributed by atoms with Gasteiger partial charge in [-0.1, -0.05) is 58.0 Å². The lowest BCUT2D eigenvalue weighted by molar-refractivity contribution is -0.133. The van der Waals surface area contributed by atoms with Gasteiger partial charge in [-0.05, 0) is 37.8 Å². The average Bonchev–Trinajstić information content (AvgIpc) is 2.61. The third-order valence-electron chi connectivity index (χ3n) is 4.90. The summed E-state index contributed by atoms with van der Waals surface area (Å²) in [6.45, 7) is 12.4. The van der Waals surface area contributed by atoms with E-state index in [0.717, 1.165) is 44.6 Å². The van der Waals surface area contributed by atoms with Crippen LogP contribution in [-0.4, -0.2) is 54.2 Å². The molecule has 1 fully saturated rings. The topological polar surface area (TPSA) is 40.6 Å². The molecule has 0 saturated carbocycles. The summed E-state index contributed by atoms with van der Waals surface area (Å²) in [6.07, 6.45) is 1.69. The molecule has 2 rings (SSSR count). The number of likely N-dealkylation sites (tertiary alicyclic amines) is 1. The van der Waals surface area contributed by atoms with Crippen LogP contribution in [0.4, 0.5) is 0 Å². The third-order valence-corrected chi connectivity index (χ3v) is 4.90. The molecule has 0 bridgehead atoms. The van der Waals surface area contributed by atoms with Crippen molar-refractivity contribution in [3.8, 4) is 0 Å². The summed E-state index contributed by atoms with van der Waals surface area (Å²) in [7, 11) is 0. The molecule has 1 amide bonds. The minimum atomic E-state index is 0.0891. The molecule has 26 heavy (non-hydrogen) atoms. The fourth-order valence-corrected chi connectivity index (χ4v) is 3.64. The Labute approximate surface area is 158 Å². The molecule has 0 unspecified atom stereocenters. The largest absolute Gasteiger partial charge is 0.341 e. The molecule has 1 saturated heterocycles. The number of carbonyl (C=O) groups is 2. The van der Waals surface area contributed by atoms with Crippen molar-refractivity contribution in [1.29, 1.82) is 0 Å². The van der Waals surface area contributed by atoms with Crippen molar-refractivity contribution < 1.29 is 9.59 Å². The molecule has 0 aromatic heterocycles. The highest BCUT2D eigenvalue weighted by Crippen LogP contribution is 2.22. The number of carbonyl (C=O) groups excluding carboxylic acids is 2. The normalized spacial score (nSPS) is 16.2. The number of ketones is 1. The van der Waals surface area contributed by atoms with Gasteiger partial charge in [0.2, 0.25) is 5.91 Å². The molecule has 0 atom stereocenters. The summed E-state index contributed by atoms with van der Waals surface area (Å²) >= 11 is 0. The lowest BCUT2D eigenvalue weighted by Gasteiger charge is -2.33. The Hall–Kier alpha value is -1.68. The van der Waals surface area contributed by atoms with E-state index in [4.69, 9.17) is 0 Å². The summed E-state index contributed by atoms with van der Waals surface area (Å²) in [4.78, 5) is 29.5. The van der Waals surface area contributed by atoms with Crippen LogP contribution in [0.15, 0.2) is 30.3 Å². The lowest BCUT2D eigenvalue weighted by atomic mass is 9.89. The van der Waals surface area contributed by atoms with E-state index in [1.807, 2.05) is 35.2 Å². The van der Waals surface area contributed by atoms with Crippen LogP contribution < -0.4 is 0 Å². The highest BCUT2D eigenvalue weighted by Gasteiger charge is 2.27. The average molecular weight is 359 g/mol. The Balaban J connectivity index is 1.85. The van der Waals surface area contributed by atoms with Gasteiger partial charge in [0.25, 0.3) is 0 Å². The monoisotopic (exact) mass is 358 g/mol. The van der Waals surface area contributed by atoms with Crippen LogP contribution in [0.1, 0.15) is 50.9 Å². The Bertz CT molecular complexity index is 565. The Kier molecular flexibility index (Phi) is 7.83. The maximum Gasteiger partial charge on any atom is 0.236 e. The molecular weight excluding hydrogens is 324 g/mol. The maximum absolute atomic E-state index is 12.7. The number of hydrogen-bond acceptors (Lipinski definition) is 3. The number of hydrogen-bond donors (Lipinski definition) is 0. The fourth-order valence-electron chi connectivity index (χ4n) is 3.64. The van der Waals surface area contributed by atoms with Crippen molar-refractivity contribution in [2.45, 2.75) is 40.5 Å². The molecule has 0 spiro atoms. The minimum absolute atomic E-state index is 0.0891. The maximum atomic E-state index is 12.7. The van der Waals surface area contributed by atoms with Crippen LogP contribution in [-0.2, 0) is 4.79 Å². The van der Waals surface area contributed by atoms with Crippen LogP contribution in [0.5, 0.6) is 0 Å². The van der Waals surface area contributed by atoms with Crippen molar-refractivity contribution in [1.82, 2.24) is 9.80 Å². The summed E-state index contributed by atoms with van der Waals surface area (Å²) < 4.78 is 0. The predicted molar refractivity (Wildman–Crippen MR) is 106 cm³/mol. The molecule has 0 N–H and O–H groups in total. The van der Waals surface area contributed by atoms with Gasteiger partial charge in [-0.15, -0.1) is 0 Å². The summed E-state index contributed by atoms with van der Waals surface area (Å²) in [6, 6.07) is 9.56. The van der Waals surface area contributed by atoms with Crippen LogP contribution in [0.3, 0.4) is 0 Å². The van der Waals surface area contributed by atoms with Gasteiger partial charge < -0.3 is 4.90 Å². The van der Waals surface area contributed by atoms with Crippen LogP contribution in [0.25, 0.3) is 0 Å². The van der Waals surface area contributed by atoms with Crippen LogP contribution >= 0.6 is 0 Å². The van der Waals surface area contributed by atoms with Gasteiger partial charge in [0.15, 0.2) is 5.78 Å². The molecule has 1 aliphatic rings. The van der Waals surface area contributed by atoms with Crippen molar-refractivity contribution in [3.63, 3.8) is 0 Å². The van der Waals surface area contributed by atoms with Gasteiger partial charge in [-0.25, -0.2) is 0 Å². The Morgan fingerprint density at radius 3 is 2.04 bits per heavy atom. The zero-order chi connectivity index (χ0) is 19.1. The lowest BCUT2D eigenvalue weighted by Crippen LogP contribution is -2.46. The second-order valence-corrected chi connectivity index (χ2v) is 8.37. The van der Waals surface area contributed by atoms with E-state index in [0.29, 0.717) is 18.4 Å². The first kappa shape index (κ1) is 20.6. The van der Waals surface area contributed by atoms with E-state index in [9.17, 15) is 9.59 Å². The van der Waals surface area contributed by atoms with Gasteiger partial charge in [0.05, 0.1) is 6.54 Å². The van der Waals surface area contributed by atoms with E-state index in [2.05, 4.69) is 32.6 Å². The molecule has 144 valence electrons. The minimum Gasteiger partial charge on any atom is -0.341 e. The first-order chi connectivity index (χ1) is 12.4. The highest BCUT2D eigenvalue weighted by molar-refractivity contribution is 5.97. The zero-order valence-electron chi connectivity index (χ0n) is 16.8. The van der Waals surface area contributed by atoms with Crippen LogP contribution in [0, 0.1) is 17.8 Å². The van der Waals surface area contributed by atoms with Crippen molar-refractivity contribution >= 4 is 11.7 Å². The van der Waals surface area contributed by atoms with E-state index in [1.54, 1.807) is 0 Å². The molecule has 0 aliphatic carbocycles. The van der Waals surface area contributed by atoms with Crippen molar-refractivity contribution in [3.05, 3.63) is 35.9 Å². The Morgan fingerprint density at radius 2 is 1.54 bits per heavy atom. The SMILES string of the molecule is CC(C)CN(CC(C)C)C(=O)CN1CCC(C(=O)c2ccccc2)CC1. The highest BCUT2D eigenvalue weighted by atomic mass is 16.2. The van der Waals surface area contributed by atoms with E-state index < -0.39 is 0 Å². The number of rotatable bonds is 8. The second kappa shape index (κ2) is 9.86. The molecule has 4 heteroatoms. The molecule has 1 heterocycles. The van der Waals surface area contributed by atoms with Gasteiger partial charge in [0, 0.05) is 24.6 Å². The summed E-state index contributed by atoms with van der Waals surface area (Å²) in [5, 5.41) is 0. The smallest absolute Gasteiger partial charge is 0.236 e. The van der Waals surface area contributed by atoms with Crippen molar-refractivity contribution in [2.75, 3.05) is 32.7 Å². The molecule has 1 aromatic rings. The second-order valence-electron chi connectivity index (χ2n) is 8.37. The number of piperidine rings is 1. The third kappa shape index (κ3) is 6.24. The summed E-state index contributed by atoms with van der Waals surface area (Å²) in [5.41, 5.74) is 0.807. The van der Waals surface area contributed by atoms with Gasteiger partial charge in [-0.3, -0.25) is 14.5 Å². The standard InChI is InChI=1S/C22H34N2O2/c1-17(2)14-24(15-18(3)4)21(25)16-23-12-10-20(11-13-23)22(26)19-8-6-5-7-9-19/h5-9,17-18,20H,10-16H2,1-4H3. The molecule has 1 aromatic carbocycles. The molecule has 0 radical (unpaired) electrons. The van der Waals surface area contributed by atoms with Crippen molar-refractivity contribution in [2.24, 2.45) is 17.8 Å². The first-order valence-electron chi connectivity index (χ1n) is 9.96. The fraction of sp³-hybridized carbons (Fsp3) is 0.636. The molecule has 1 aliphatic heterocycles. The molecular formula is C22H34N2O2. The number of benzene rings is 1. The quantitative estimate of drug-likeness (QED) is 0.665. The van der Waals surface area contributed by atoms with E-state index >= 15 is 0 Å². The van der Waals surface area contributed by atoms with Gasteiger partial charge in [0.1, 0.15) is 0 Å².